The van der Waals surface area contributed by atoms with Gasteiger partial charge in [0.2, 0.25) is 5.91 Å². The van der Waals surface area contributed by atoms with Gasteiger partial charge in [0.15, 0.2) is 11.5 Å². The molecule has 4 nitrogen and oxygen atoms in total. The van der Waals surface area contributed by atoms with Crippen LogP contribution in [0.1, 0.15) is 16.7 Å². The number of nitrogens with one attached hydrogen (secondary N) is 1. The van der Waals surface area contributed by atoms with Crippen molar-refractivity contribution in [3.63, 3.8) is 0 Å². The first-order valence-electron chi connectivity index (χ1n) is 8.47. The third kappa shape index (κ3) is 6.75. The molecule has 0 aliphatic heterocycles. The van der Waals surface area contributed by atoms with Crippen LogP contribution < -0.4 is 14.8 Å². The van der Waals surface area contributed by atoms with E-state index >= 15 is 0 Å². The number of benzene rings is 2. The lowest BCUT2D eigenvalue weighted by Crippen LogP contribution is -2.27. The molecule has 0 spiro atoms. The van der Waals surface area contributed by atoms with Crippen molar-refractivity contribution in [2.45, 2.75) is 31.8 Å². The fourth-order valence-corrected chi connectivity index (χ4v) is 3.42. The number of rotatable bonds is 9. The quantitative estimate of drug-likeness (QED) is 0.641. The zero-order valence-corrected chi connectivity index (χ0v) is 16.4. The van der Waals surface area contributed by atoms with Gasteiger partial charge in [-0.25, -0.2) is 0 Å². The molecule has 0 heterocycles. The molecule has 0 bridgehead atoms. The third-order valence-corrected chi connectivity index (χ3v) is 5.04. The minimum absolute atomic E-state index is 0.0122. The highest BCUT2D eigenvalue weighted by atomic mass is 32.2. The number of methoxy groups -OCH3 is 1. The second-order valence-electron chi connectivity index (χ2n) is 6.02. The topological polar surface area (TPSA) is 47.6 Å². The van der Waals surface area contributed by atoms with Crippen LogP contribution in [0.4, 0.5) is 8.78 Å². The summed E-state index contributed by atoms with van der Waals surface area (Å²) >= 11 is 1.50. The van der Waals surface area contributed by atoms with Gasteiger partial charge < -0.3 is 14.8 Å². The van der Waals surface area contributed by atoms with Crippen LogP contribution in [0.3, 0.4) is 0 Å². The molecule has 1 N–H and O–H groups in total. The van der Waals surface area contributed by atoms with Gasteiger partial charge in [-0.3, -0.25) is 4.79 Å². The zero-order valence-electron chi connectivity index (χ0n) is 15.6. The molecule has 0 aliphatic carbocycles. The molecule has 0 aromatic heterocycles. The molecule has 7 heteroatoms. The molecule has 0 unspecified atom stereocenters. The van der Waals surface area contributed by atoms with Gasteiger partial charge in [0.25, 0.3) is 0 Å². The van der Waals surface area contributed by atoms with Crippen LogP contribution in [0, 0.1) is 13.8 Å². The molecule has 0 saturated carbocycles. The lowest BCUT2D eigenvalue weighted by molar-refractivity contribution is -0.118. The standard InChI is InChI=1S/C20H23F2NO3S/c1-13-4-5-14(2)18(10-13)27-12-19(24)23-9-8-15-6-7-16(25-3)17(11-15)26-20(21)22/h4-7,10-11,20H,8-9,12H2,1-3H3,(H,23,24). The molecular weight excluding hydrogens is 372 g/mol. The first-order valence-corrected chi connectivity index (χ1v) is 9.46. The Hall–Kier alpha value is -2.28. The highest BCUT2D eigenvalue weighted by Gasteiger charge is 2.11. The van der Waals surface area contributed by atoms with Crippen LogP contribution in [0.2, 0.25) is 0 Å². The minimum Gasteiger partial charge on any atom is -0.493 e. The summed E-state index contributed by atoms with van der Waals surface area (Å²) in [5, 5.41) is 2.84. The van der Waals surface area contributed by atoms with Gasteiger partial charge in [-0.15, -0.1) is 11.8 Å². The smallest absolute Gasteiger partial charge is 0.387 e. The summed E-state index contributed by atoms with van der Waals surface area (Å²) in [7, 11) is 1.39. The molecular formula is C20H23F2NO3S. The number of alkyl halides is 2. The minimum atomic E-state index is -2.92. The fourth-order valence-electron chi connectivity index (χ4n) is 2.47. The highest BCUT2D eigenvalue weighted by molar-refractivity contribution is 8.00. The molecule has 0 saturated heterocycles. The van der Waals surface area contributed by atoms with E-state index in [0.29, 0.717) is 18.7 Å². The van der Waals surface area contributed by atoms with Crippen molar-refractivity contribution < 1.29 is 23.0 Å². The van der Waals surface area contributed by atoms with Crippen molar-refractivity contribution in [2.24, 2.45) is 0 Å². The number of hydrogen-bond donors (Lipinski definition) is 1. The summed E-state index contributed by atoms with van der Waals surface area (Å²) in [5.41, 5.74) is 3.07. The maximum absolute atomic E-state index is 12.5. The number of amides is 1. The maximum atomic E-state index is 12.5. The van der Waals surface area contributed by atoms with Crippen LogP contribution in [0.5, 0.6) is 11.5 Å². The van der Waals surface area contributed by atoms with Gasteiger partial charge in [0.1, 0.15) is 0 Å². The van der Waals surface area contributed by atoms with Crippen molar-refractivity contribution in [3.8, 4) is 11.5 Å². The monoisotopic (exact) mass is 395 g/mol. The molecule has 0 radical (unpaired) electrons. The summed E-state index contributed by atoms with van der Waals surface area (Å²) < 4.78 is 34.4. The van der Waals surface area contributed by atoms with E-state index in [0.717, 1.165) is 21.6 Å². The third-order valence-electron chi connectivity index (χ3n) is 3.88. The summed E-state index contributed by atoms with van der Waals surface area (Å²) in [6.07, 6.45) is 0.503. The summed E-state index contributed by atoms with van der Waals surface area (Å²) in [5.74, 6) is 0.486. The van der Waals surface area contributed by atoms with Crippen LogP contribution in [-0.2, 0) is 11.2 Å². The van der Waals surface area contributed by atoms with Gasteiger partial charge in [-0.2, -0.15) is 8.78 Å². The van der Waals surface area contributed by atoms with Crippen LogP contribution in [-0.4, -0.2) is 31.9 Å². The Morgan fingerprint density at radius 3 is 2.63 bits per heavy atom. The molecule has 0 fully saturated rings. The van der Waals surface area contributed by atoms with E-state index in [2.05, 4.69) is 16.1 Å². The van der Waals surface area contributed by atoms with Gasteiger partial charge in [-0.1, -0.05) is 23.8 Å². The maximum Gasteiger partial charge on any atom is 0.387 e. The average Bonchev–Trinajstić information content (AvgIpc) is 2.62. The SMILES string of the molecule is COc1ccc(CCNC(=O)CSc2cc(C)ccc2C)cc1OC(F)F. The van der Waals surface area contributed by atoms with Crippen molar-refractivity contribution in [2.75, 3.05) is 19.4 Å². The lowest BCUT2D eigenvalue weighted by atomic mass is 10.1. The van der Waals surface area contributed by atoms with Crippen molar-refractivity contribution in [1.82, 2.24) is 5.32 Å². The molecule has 146 valence electrons. The summed E-state index contributed by atoms with van der Waals surface area (Å²) in [4.78, 5) is 13.1. The average molecular weight is 395 g/mol. The summed E-state index contributed by atoms with van der Waals surface area (Å²) in [6.45, 7) is 1.52. The number of carbonyl (C=O) groups excluding carboxylic acids is 1. The second kappa shape index (κ2) is 10.2. The zero-order chi connectivity index (χ0) is 19.8. The Balaban J connectivity index is 1.83. The molecule has 2 rings (SSSR count). The highest BCUT2D eigenvalue weighted by Crippen LogP contribution is 2.29. The molecule has 1 amide bonds. The van der Waals surface area contributed by atoms with Crippen molar-refractivity contribution in [1.29, 1.82) is 0 Å². The number of hydrogen-bond acceptors (Lipinski definition) is 4. The van der Waals surface area contributed by atoms with Crippen molar-refractivity contribution >= 4 is 17.7 Å². The lowest BCUT2D eigenvalue weighted by Gasteiger charge is -2.12. The number of ether oxygens (including phenoxy) is 2. The van der Waals surface area contributed by atoms with Crippen molar-refractivity contribution in [3.05, 3.63) is 53.1 Å². The molecule has 0 atom stereocenters. The number of aryl methyl sites for hydroxylation is 2. The van der Waals surface area contributed by atoms with E-state index in [9.17, 15) is 13.6 Å². The molecule has 27 heavy (non-hydrogen) atoms. The normalized spacial score (nSPS) is 10.7. The first-order chi connectivity index (χ1) is 12.9. The Morgan fingerprint density at radius 1 is 1.15 bits per heavy atom. The van der Waals surface area contributed by atoms with E-state index in [1.165, 1.54) is 24.9 Å². The second-order valence-corrected chi connectivity index (χ2v) is 7.04. The van der Waals surface area contributed by atoms with Gasteiger partial charge >= 0.3 is 6.61 Å². The van der Waals surface area contributed by atoms with Gasteiger partial charge in [0, 0.05) is 11.4 Å². The van der Waals surface area contributed by atoms with Crippen LogP contribution in [0.15, 0.2) is 41.3 Å². The Morgan fingerprint density at radius 2 is 1.93 bits per heavy atom. The van der Waals surface area contributed by atoms with E-state index in [-0.39, 0.29) is 17.4 Å². The predicted molar refractivity (Wildman–Crippen MR) is 103 cm³/mol. The van der Waals surface area contributed by atoms with E-state index in [4.69, 9.17) is 4.74 Å². The summed E-state index contributed by atoms with van der Waals surface area (Å²) in [6, 6.07) is 11.0. The predicted octanol–water partition coefficient (Wildman–Crippen LogP) is 4.36. The van der Waals surface area contributed by atoms with E-state index < -0.39 is 6.61 Å². The Labute approximate surface area is 162 Å². The molecule has 2 aromatic carbocycles. The first kappa shape index (κ1) is 21.0. The molecule has 2 aromatic rings. The number of halogens is 2. The fraction of sp³-hybridized carbons (Fsp3) is 0.350. The van der Waals surface area contributed by atoms with E-state index in [1.54, 1.807) is 12.1 Å². The molecule has 0 aliphatic rings. The number of thioether (sulfide) groups is 1. The number of carbonyl (C=O) groups is 1. The Kier molecular flexibility index (Phi) is 7.91. The Bertz CT molecular complexity index is 784. The van der Waals surface area contributed by atoms with Gasteiger partial charge in [-0.05, 0) is 49.6 Å². The van der Waals surface area contributed by atoms with Crippen LogP contribution in [0.25, 0.3) is 0 Å². The van der Waals surface area contributed by atoms with E-state index in [1.807, 2.05) is 26.0 Å². The van der Waals surface area contributed by atoms with Crippen LogP contribution >= 0.6 is 11.8 Å². The van der Waals surface area contributed by atoms with Gasteiger partial charge in [0.05, 0.1) is 12.9 Å². The largest absolute Gasteiger partial charge is 0.493 e.